The van der Waals surface area contributed by atoms with Gasteiger partial charge in [0, 0.05) is 26.2 Å². The van der Waals surface area contributed by atoms with E-state index in [2.05, 4.69) is 5.32 Å². The van der Waals surface area contributed by atoms with E-state index >= 15 is 0 Å². The molecule has 2 aromatic carbocycles. The summed E-state index contributed by atoms with van der Waals surface area (Å²) in [7, 11) is 4.86. The number of nitrogens with one attached hydrogen (secondary N) is 1. The summed E-state index contributed by atoms with van der Waals surface area (Å²) in [4.78, 5) is 25.4. The maximum absolute atomic E-state index is 12.1. The molecular formula is C20H24N2O3. The van der Waals surface area contributed by atoms with E-state index in [-0.39, 0.29) is 11.9 Å². The molecular weight excluding hydrogens is 316 g/mol. The summed E-state index contributed by atoms with van der Waals surface area (Å²) in [6, 6.07) is 16.8. The highest BCUT2D eigenvalue weighted by molar-refractivity contribution is 5.80. The fraction of sp³-hybridized carbons (Fsp3) is 0.300. The number of hydrogen-bond acceptors (Lipinski definition) is 4. The molecule has 132 valence electrons. The van der Waals surface area contributed by atoms with Gasteiger partial charge in [0.2, 0.25) is 5.91 Å². The molecule has 1 atom stereocenters. The number of hydrogen-bond donors (Lipinski definition) is 1. The second kappa shape index (κ2) is 8.87. The third-order valence-corrected chi connectivity index (χ3v) is 3.92. The van der Waals surface area contributed by atoms with Gasteiger partial charge in [-0.1, -0.05) is 42.5 Å². The molecule has 1 N–H and O–H groups in total. The van der Waals surface area contributed by atoms with E-state index in [1.165, 1.54) is 7.11 Å². The zero-order valence-corrected chi connectivity index (χ0v) is 14.9. The van der Waals surface area contributed by atoms with Crippen LogP contribution >= 0.6 is 0 Å². The molecule has 5 nitrogen and oxygen atoms in total. The van der Waals surface area contributed by atoms with Gasteiger partial charge in [0.05, 0.1) is 13.5 Å². The number of rotatable bonds is 7. The summed E-state index contributed by atoms with van der Waals surface area (Å²) in [5.41, 5.74) is 2.80. The van der Waals surface area contributed by atoms with Crippen LogP contribution in [0.3, 0.4) is 0 Å². The van der Waals surface area contributed by atoms with E-state index in [0.29, 0.717) is 12.8 Å². The molecule has 1 amide bonds. The molecule has 0 radical (unpaired) electrons. The van der Waals surface area contributed by atoms with Crippen molar-refractivity contribution < 1.29 is 14.3 Å². The normalized spacial score (nSPS) is 11.5. The van der Waals surface area contributed by atoms with Crippen LogP contribution in [-0.4, -0.2) is 44.0 Å². The Bertz CT molecular complexity index is 697. The van der Waals surface area contributed by atoms with Crippen molar-refractivity contribution in [3.8, 4) is 0 Å². The first-order chi connectivity index (χ1) is 12.0. The van der Waals surface area contributed by atoms with Gasteiger partial charge in [-0.3, -0.25) is 4.79 Å². The number of esters is 1. The SMILES string of the molecule is COC(=O)C(Cc1ccccc1)Nc1ccc(CC(=O)N(C)C)cc1. The van der Waals surface area contributed by atoms with Crippen LogP contribution in [0.2, 0.25) is 0 Å². The second-order valence-electron chi connectivity index (χ2n) is 6.07. The lowest BCUT2D eigenvalue weighted by molar-refractivity contribution is -0.141. The van der Waals surface area contributed by atoms with Gasteiger partial charge in [-0.25, -0.2) is 4.79 Å². The highest BCUT2D eigenvalue weighted by Crippen LogP contribution is 2.15. The number of carbonyl (C=O) groups excluding carboxylic acids is 2. The number of carbonyl (C=O) groups is 2. The topological polar surface area (TPSA) is 58.6 Å². The first kappa shape index (κ1) is 18.5. The average molecular weight is 340 g/mol. The number of amides is 1. The van der Waals surface area contributed by atoms with Crippen LogP contribution in [0.1, 0.15) is 11.1 Å². The first-order valence-electron chi connectivity index (χ1n) is 8.17. The molecule has 25 heavy (non-hydrogen) atoms. The lowest BCUT2D eigenvalue weighted by atomic mass is 10.1. The minimum absolute atomic E-state index is 0.0530. The van der Waals surface area contributed by atoms with Crippen molar-refractivity contribution in [3.05, 3.63) is 65.7 Å². The van der Waals surface area contributed by atoms with Crippen molar-refractivity contribution in [3.63, 3.8) is 0 Å². The molecule has 0 fully saturated rings. The summed E-state index contributed by atoms with van der Waals surface area (Å²) < 4.78 is 4.91. The molecule has 5 heteroatoms. The Morgan fingerprint density at radius 3 is 2.20 bits per heavy atom. The largest absolute Gasteiger partial charge is 0.467 e. The fourth-order valence-corrected chi connectivity index (χ4v) is 2.44. The van der Waals surface area contributed by atoms with Crippen molar-refractivity contribution in [2.75, 3.05) is 26.5 Å². The van der Waals surface area contributed by atoms with Crippen LogP contribution in [-0.2, 0) is 27.2 Å². The van der Waals surface area contributed by atoms with Crippen LogP contribution in [0.5, 0.6) is 0 Å². The highest BCUT2D eigenvalue weighted by atomic mass is 16.5. The van der Waals surface area contributed by atoms with Crippen LogP contribution in [0, 0.1) is 0 Å². The van der Waals surface area contributed by atoms with Gasteiger partial charge in [-0.05, 0) is 23.3 Å². The molecule has 0 aromatic heterocycles. The lowest BCUT2D eigenvalue weighted by Crippen LogP contribution is -2.32. The van der Waals surface area contributed by atoms with Crippen LogP contribution in [0.4, 0.5) is 5.69 Å². The Morgan fingerprint density at radius 1 is 1.00 bits per heavy atom. The number of likely N-dealkylation sites (N-methyl/N-ethyl adjacent to an activating group) is 1. The summed E-state index contributed by atoms with van der Waals surface area (Å²) in [6.45, 7) is 0. The smallest absolute Gasteiger partial charge is 0.328 e. The van der Waals surface area contributed by atoms with Gasteiger partial charge >= 0.3 is 5.97 Å². The number of ether oxygens (including phenoxy) is 1. The van der Waals surface area contributed by atoms with Gasteiger partial charge < -0.3 is 15.0 Å². The molecule has 0 saturated carbocycles. The maximum Gasteiger partial charge on any atom is 0.328 e. The summed E-state index contributed by atoms with van der Waals surface area (Å²) in [6.07, 6.45) is 0.895. The Balaban J connectivity index is 2.05. The van der Waals surface area contributed by atoms with Gasteiger partial charge in [0.25, 0.3) is 0 Å². The van der Waals surface area contributed by atoms with Crippen LogP contribution in [0.25, 0.3) is 0 Å². The highest BCUT2D eigenvalue weighted by Gasteiger charge is 2.19. The van der Waals surface area contributed by atoms with Crippen molar-refractivity contribution in [1.29, 1.82) is 0 Å². The molecule has 0 aliphatic rings. The third-order valence-electron chi connectivity index (χ3n) is 3.92. The molecule has 2 aromatic rings. The van der Waals surface area contributed by atoms with Crippen molar-refractivity contribution in [1.82, 2.24) is 4.90 Å². The second-order valence-corrected chi connectivity index (χ2v) is 6.07. The first-order valence-corrected chi connectivity index (χ1v) is 8.17. The molecule has 2 rings (SSSR count). The predicted molar refractivity (Wildman–Crippen MR) is 98.4 cm³/mol. The van der Waals surface area contributed by atoms with E-state index in [1.54, 1.807) is 19.0 Å². The zero-order valence-electron chi connectivity index (χ0n) is 14.9. The Hall–Kier alpha value is -2.82. The minimum Gasteiger partial charge on any atom is -0.467 e. The lowest BCUT2D eigenvalue weighted by Gasteiger charge is -2.18. The van der Waals surface area contributed by atoms with Crippen molar-refractivity contribution >= 4 is 17.6 Å². The molecule has 0 saturated heterocycles. The summed E-state index contributed by atoms with van der Waals surface area (Å²) >= 11 is 0. The van der Waals surface area contributed by atoms with E-state index in [0.717, 1.165) is 16.8 Å². The molecule has 0 aliphatic carbocycles. The van der Waals surface area contributed by atoms with E-state index < -0.39 is 6.04 Å². The zero-order chi connectivity index (χ0) is 18.2. The maximum atomic E-state index is 12.1. The van der Waals surface area contributed by atoms with Crippen molar-refractivity contribution in [2.45, 2.75) is 18.9 Å². The molecule has 0 aliphatic heterocycles. The Morgan fingerprint density at radius 2 is 1.64 bits per heavy atom. The van der Waals surface area contributed by atoms with Crippen molar-refractivity contribution in [2.24, 2.45) is 0 Å². The monoisotopic (exact) mass is 340 g/mol. The number of nitrogens with zero attached hydrogens (tertiary/aromatic N) is 1. The third kappa shape index (κ3) is 5.64. The van der Waals surface area contributed by atoms with Gasteiger partial charge in [-0.2, -0.15) is 0 Å². The van der Waals surface area contributed by atoms with Gasteiger partial charge in [0.1, 0.15) is 6.04 Å². The Kier molecular flexibility index (Phi) is 6.57. The quantitative estimate of drug-likeness (QED) is 0.787. The fourth-order valence-electron chi connectivity index (χ4n) is 2.44. The summed E-state index contributed by atoms with van der Waals surface area (Å²) in [5.74, 6) is -0.257. The molecule has 0 bridgehead atoms. The number of methoxy groups -OCH3 is 1. The summed E-state index contributed by atoms with van der Waals surface area (Å²) in [5, 5.41) is 3.21. The van der Waals surface area contributed by atoms with Gasteiger partial charge in [-0.15, -0.1) is 0 Å². The minimum atomic E-state index is -0.471. The van der Waals surface area contributed by atoms with Gasteiger partial charge in [0.15, 0.2) is 0 Å². The molecule has 1 unspecified atom stereocenters. The number of benzene rings is 2. The number of anilines is 1. The average Bonchev–Trinajstić information content (AvgIpc) is 2.62. The van der Waals surface area contributed by atoms with E-state index in [1.807, 2.05) is 54.6 Å². The Labute approximate surface area is 148 Å². The predicted octanol–water partition coefficient (Wildman–Crippen LogP) is 2.51. The van der Waals surface area contributed by atoms with Crippen LogP contribution in [0.15, 0.2) is 54.6 Å². The van der Waals surface area contributed by atoms with Crippen LogP contribution < -0.4 is 5.32 Å². The standard InChI is InChI=1S/C20H24N2O3/c1-22(2)19(23)14-16-9-11-17(12-10-16)21-18(20(24)25-3)13-15-7-5-4-6-8-15/h4-12,18,21H,13-14H2,1-3H3. The van der Waals surface area contributed by atoms with E-state index in [4.69, 9.17) is 4.74 Å². The molecule has 0 spiro atoms. The molecule has 0 heterocycles. The van der Waals surface area contributed by atoms with E-state index in [9.17, 15) is 9.59 Å².